The summed E-state index contributed by atoms with van der Waals surface area (Å²) < 4.78 is 0.705. The van der Waals surface area contributed by atoms with E-state index in [1.165, 1.54) is 41.1 Å². The molecule has 2 N–H and O–H groups in total. The Balaban J connectivity index is 1.91. The van der Waals surface area contributed by atoms with Gasteiger partial charge in [0.05, 0.1) is 11.8 Å². The second-order valence-corrected chi connectivity index (χ2v) is 8.63. The molecular formula is C18H24N4O2S2. The molecule has 1 aromatic heterocycles. The van der Waals surface area contributed by atoms with Crippen LogP contribution in [-0.2, 0) is 9.59 Å². The number of rotatable bonds is 8. The minimum absolute atomic E-state index is 0.0331. The molecule has 0 radical (unpaired) electrons. The molecule has 0 saturated heterocycles. The molecule has 0 saturated carbocycles. The third kappa shape index (κ3) is 5.54. The van der Waals surface area contributed by atoms with Gasteiger partial charge in [0.2, 0.25) is 11.0 Å². The van der Waals surface area contributed by atoms with Crippen LogP contribution < -0.4 is 10.6 Å². The van der Waals surface area contributed by atoms with Crippen LogP contribution in [0, 0.1) is 19.8 Å². The number of benzene rings is 1. The average molecular weight is 393 g/mol. The Labute approximate surface area is 162 Å². The van der Waals surface area contributed by atoms with E-state index in [-0.39, 0.29) is 23.4 Å². The molecule has 0 aliphatic rings. The van der Waals surface area contributed by atoms with Gasteiger partial charge in [0.15, 0.2) is 10.1 Å². The summed E-state index contributed by atoms with van der Waals surface area (Å²) in [6, 6.07) is 5.61. The van der Waals surface area contributed by atoms with Gasteiger partial charge in [0.1, 0.15) is 0 Å². The van der Waals surface area contributed by atoms with Gasteiger partial charge in [-0.3, -0.25) is 9.59 Å². The van der Waals surface area contributed by atoms with Crippen LogP contribution >= 0.6 is 23.1 Å². The Morgan fingerprint density at radius 2 is 1.96 bits per heavy atom. The molecule has 0 aliphatic carbocycles. The lowest BCUT2D eigenvalue weighted by atomic mass is 10.0. The van der Waals surface area contributed by atoms with Crippen LogP contribution in [0.1, 0.15) is 31.9 Å². The van der Waals surface area contributed by atoms with Gasteiger partial charge in [-0.1, -0.05) is 49.1 Å². The molecule has 1 atom stereocenters. The first-order chi connectivity index (χ1) is 12.3. The molecule has 6 nitrogen and oxygen atoms in total. The molecule has 1 amide bonds. The van der Waals surface area contributed by atoms with Gasteiger partial charge in [-0.05, 0) is 43.9 Å². The quantitative estimate of drug-likeness (QED) is 0.666. The summed E-state index contributed by atoms with van der Waals surface area (Å²) >= 11 is 2.71. The fraction of sp³-hybridized carbons (Fsp3) is 0.444. The number of hydrogen-bond donors (Lipinski definition) is 2. The largest absolute Gasteiger partial charge is 0.345 e. The number of ketones is 1. The van der Waals surface area contributed by atoms with Crippen molar-refractivity contribution >= 4 is 45.6 Å². The molecule has 2 rings (SSSR count). The standard InChI is InChI=1S/C18H24N4O2S2/c1-10(2)16(13(5)23)20-15(24)9-25-18-22-21-17(26-18)19-14-8-6-7-11(3)12(14)4/h6-8,10,16H,9H2,1-5H3,(H,19,21)(H,20,24). The van der Waals surface area contributed by atoms with Crippen LogP contribution in [0.15, 0.2) is 22.5 Å². The third-order valence-electron chi connectivity index (χ3n) is 4.00. The van der Waals surface area contributed by atoms with Crippen molar-refractivity contribution in [1.29, 1.82) is 0 Å². The van der Waals surface area contributed by atoms with Crippen LogP contribution in [0.25, 0.3) is 0 Å². The summed E-state index contributed by atoms with van der Waals surface area (Å²) in [5, 5.41) is 15.0. The molecule has 1 unspecified atom stereocenters. The molecule has 0 aliphatic heterocycles. The molecule has 8 heteroatoms. The second kappa shape index (κ2) is 9.14. The number of anilines is 2. The molecule has 0 fully saturated rings. The molecule has 0 spiro atoms. The van der Waals surface area contributed by atoms with E-state index in [1.54, 1.807) is 0 Å². The Hall–Kier alpha value is -1.93. The zero-order chi connectivity index (χ0) is 19.3. The van der Waals surface area contributed by atoms with Gasteiger partial charge in [0.25, 0.3) is 0 Å². The third-order valence-corrected chi connectivity index (χ3v) is 5.97. The average Bonchev–Trinajstić information content (AvgIpc) is 3.02. The first-order valence-electron chi connectivity index (χ1n) is 8.37. The highest BCUT2D eigenvalue weighted by atomic mass is 32.2. The van der Waals surface area contributed by atoms with Crippen LogP contribution in [0.2, 0.25) is 0 Å². The highest BCUT2D eigenvalue weighted by molar-refractivity contribution is 8.01. The predicted molar refractivity (Wildman–Crippen MR) is 107 cm³/mol. The van der Waals surface area contributed by atoms with E-state index in [0.717, 1.165) is 5.69 Å². The van der Waals surface area contributed by atoms with Gasteiger partial charge in [0, 0.05) is 5.69 Å². The van der Waals surface area contributed by atoms with Crippen LogP contribution in [0.4, 0.5) is 10.8 Å². The lowest BCUT2D eigenvalue weighted by molar-refractivity contribution is -0.126. The Kier molecular flexibility index (Phi) is 7.16. The minimum Gasteiger partial charge on any atom is -0.345 e. The predicted octanol–water partition coefficient (Wildman–Crippen LogP) is 3.72. The molecule has 1 heterocycles. The van der Waals surface area contributed by atoms with Crippen LogP contribution in [-0.4, -0.2) is 33.7 Å². The molecule has 2 aromatic rings. The normalized spacial score (nSPS) is 12.1. The van der Waals surface area contributed by atoms with E-state index in [2.05, 4.69) is 40.7 Å². The first-order valence-corrected chi connectivity index (χ1v) is 10.2. The smallest absolute Gasteiger partial charge is 0.231 e. The molecule has 0 bridgehead atoms. The fourth-order valence-corrected chi connectivity index (χ4v) is 3.98. The number of nitrogens with one attached hydrogen (secondary N) is 2. The monoisotopic (exact) mass is 392 g/mol. The summed E-state index contributed by atoms with van der Waals surface area (Å²) in [6.45, 7) is 9.43. The molecular weight excluding hydrogens is 368 g/mol. The van der Waals surface area contributed by atoms with Gasteiger partial charge >= 0.3 is 0 Å². The Bertz CT molecular complexity index is 789. The van der Waals surface area contributed by atoms with E-state index in [0.29, 0.717) is 9.47 Å². The summed E-state index contributed by atoms with van der Waals surface area (Å²) in [4.78, 5) is 23.6. The topological polar surface area (TPSA) is 84.0 Å². The van der Waals surface area contributed by atoms with Gasteiger partial charge in [-0.15, -0.1) is 10.2 Å². The molecule has 140 valence electrons. The molecule has 26 heavy (non-hydrogen) atoms. The van der Waals surface area contributed by atoms with Crippen molar-refractivity contribution in [3.8, 4) is 0 Å². The zero-order valence-corrected chi connectivity index (χ0v) is 17.3. The highest BCUT2D eigenvalue weighted by Gasteiger charge is 2.20. The van der Waals surface area contributed by atoms with Gasteiger partial charge in [-0.2, -0.15) is 0 Å². The van der Waals surface area contributed by atoms with E-state index >= 15 is 0 Å². The number of carbonyl (C=O) groups excluding carboxylic acids is 2. The van der Waals surface area contributed by atoms with Crippen molar-refractivity contribution in [1.82, 2.24) is 15.5 Å². The maximum Gasteiger partial charge on any atom is 0.231 e. The lowest BCUT2D eigenvalue weighted by Crippen LogP contribution is -2.44. The van der Waals surface area contributed by atoms with E-state index in [4.69, 9.17) is 0 Å². The van der Waals surface area contributed by atoms with Crippen molar-refractivity contribution in [2.45, 2.75) is 45.0 Å². The number of aryl methyl sites for hydroxylation is 1. The minimum atomic E-state index is -0.445. The second-order valence-electron chi connectivity index (χ2n) is 6.43. The highest BCUT2D eigenvalue weighted by Crippen LogP contribution is 2.29. The van der Waals surface area contributed by atoms with E-state index in [9.17, 15) is 9.59 Å². The Morgan fingerprint density at radius 1 is 1.23 bits per heavy atom. The van der Waals surface area contributed by atoms with Crippen molar-refractivity contribution in [2.24, 2.45) is 5.92 Å². The maximum absolute atomic E-state index is 12.1. The summed E-state index contributed by atoms with van der Waals surface area (Å²) in [7, 11) is 0. The van der Waals surface area contributed by atoms with E-state index < -0.39 is 6.04 Å². The van der Waals surface area contributed by atoms with Crippen molar-refractivity contribution in [2.75, 3.05) is 11.1 Å². The van der Waals surface area contributed by atoms with Gasteiger partial charge in [-0.25, -0.2) is 0 Å². The SMILES string of the molecule is CC(=O)C(NC(=O)CSc1nnc(Nc2cccc(C)c2C)s1)C(C)C. The Morgan fingerprint density at radius 3 is 2.62 bits per heavy atom. The molecule has 1 aromatic carbocycles. The van der Waals surface area contributed by atoms with Crippen molar-refractivity contribution in [3.05, 3.63) is 29.3 Å². The first kappa shape index (κ1) is 20.4. The number of amides is 1. The summed E-state index contributed by atoms with van der Waals surface area (Å²) in [6.07, 6.45) is 0. The van der Waals surface area contributed by atoms with Crippen molar-refractivity contribution < 1.29 is 9.59 Å². The summed E-state index contributed by atoms with van der Waals surface area (Å²) in [5.41, 5.74) is 3.37. The number of carbonyl (C=O) groups is 2. The number of nitrogens with zero attached hydrogens (tertiary/aromatic N) is 2. The van der Waals surface area contributed by atoms with Gasteiger partial charge < -0.3 is 10.6 Å². The van der Waals surface area contributed by atoms with E-state index in [1.807, 2.05) is 26.0 Å². The number of aromatic nitrogens is 2. The number of hydrogen-bond acceptors (Lipinski definition) is 7. The van der Waals surface area contributed by atoms with Crippen LogP contribution in [0.5, 0.6) is 0 Å². The number of Topliss-reactive ketones (excluding diaryl/α,β-unsaturated/α-hetero) is 1. The lowest BCUT2D eigenvalue weighted by Gasteiger charge is -2.19. The number of thioether (sulfide) groups is 1. The zero-order valence-electron chi connectivity index (χ0n) is 15.6. The fourth-order valence-electron chi connectivity index (χ4n) is 2.40. The van der Waals surface area contributed by atoms with Crippen LogP contribution in [0.3, 0.4) is 0 Å². The summed E-state index contributed by atoms with van der Waals surface area (Å²) in [5.74, 6) is 0.0583. The van der Waals surface area contributed by atoms with Crippen molar-refractivity contribution in [3.63, 3.8) is 0 Å². The maximum atomic E-state index is 12.1.